The lowest BCUT2D eigenvalue weighted by atomic mass is 10.3. The Morgan fingerprint density at radius 1 is 1.62 bits per heavy atom. The van der Waals surface area contributed by atoms with Crippen LogP contribution in [-0.4, -0.2) is 45.6 Å². The summed E-state index contributed by atoms with van der Waals surface area (Å²) in [5, 5.41) is 11.3. The van der Waals surface area contributed by atoms with Gasteiger partial charge in [0.1, 0.15) is 11.7 Å². The molecule has 1 rings (SSSR count). The van der Waals surface area contributed by atoms with Gasteiger partial charge < -0.3 is 20.4 Å². The van der Waals surface area contributed by atoms with Gasteiger partial charge in [-0.25, -0.2) is 4.98 Å². The third kappa shape index (κ3) is 3.90. The van der Waals surface area contributed by atoms with Crippen LogP contribution in [0.5, 0.6) is 0 Å². The number of oxime groups is 1. The van der Waals surface area contributed by atoms with Crippen LogP contribution in [0.25, 0.3) is 0 Å². The highest BCUT2D eigenvalue weighted by Crippen LogP contribution is 1.96. The largest absolute Gasteiger partial charge is 0.409 e. The van der Waals surface area contributed by atoms with Gasteiger partial charge in [0.25, 0.3) is 0 Å². The number of nitrogens with zero attached hydrogens (tertiary/aromatic N) is 4. The predicted molar refractivity (Wildman–Crippen MR) is 62.5 cm³/mol. The van der Waals surface area contributed by atoms with E-state index in [9.17, 15) is 0 Å². The van der Waals surface area contributed by atoms with Crippen molar-refractivity contribution in [2.24, 2.45) is 10.9 Å². The number of nitrogens with two attached hydrogens (primary N) is 1. The number of hydrogen-bond acceptors (Lipinski definition) is 4. The highest BCUT2D eigenvalue weighted by molar-refractivity contribution is 5.79. The van der Waals surface area contributed by atoms with Crippen molar-refractivity contribution in [3.63, 3.8) is 0 Å². The number of amidine groups is 1. The Bertz CT molecular complexity index is 347. The van der Waals surface area contributed by atoms with Crippen LogP contribution < -0.4 is 5.73 Å². The van der Waals surface area contributed by atoms with Crippen LogP contribution >= 0.6 is 0 Å². The van der Waals surface area contributed by atoms with Gasteiger partial charge in [-0.2, -0.15) is 0 Å². The summed E-state index contributed by atoms with van der Waals surface area (Å²) in [6.07, 6.45) is 4.34. The summed E-state index contributed by atoms with van der Waals surface area (Å²) in [4.78, 5) is 6.29. The molecular formula is C10H19N5O. The van der Waals surface area contributed by atoms with Crippen molar-refractivity contribution >= 4 is 5.84 Å². The molecule has 1 aromatic rings. The first-order chi connectivity index (χ1) is 7.63. The molecule has 0 fully saturated rings. The summed E-state index contributed by atoms with van der Waals surface area (Å²) in [5.74, 6) is 1.29. The van der Waals surface area contributed by atoms with Gasteiger partial charge in [-0.05, 0) is 14.0 Å². The molecule has 0 unspecified atom stereocenters. The van der Waals surface area contributed by atoms with Crippen LogP contribution in [-0.2, 0) is 6.54 Å². The fraction of sp³-hybridized carbons (Fsp3) is 0.600. The number of imidazole rings is 1. The van der Waals surface area contributed by atoms with Crippen LogP contribution in [0.4, 0.5) is 0 Å². The van der Waals surface area contributed by atoms with Crippen LogP contribution in [0.2, 0.25) is 0 Å². The van der Waals surface area contributed by atoms with Gasteiger partial charge in [0.15, 0.2) is 0 Å². The number of rotatable bonds is 6. The quantitative estimate of drug-likeness (QED) is 0.315. The molecule has 3 N–H and O–H groups in total. The van der Waals surface area contributed by atoms with Gasteiger partial charge in [0, 0.05) is 38.4 Å². The average Bonchev–Trinajstić information content (AvgIpc) is 2.69. The molecule has 0 amide bonds. The lowest BCUT2D eigenvalue weighted by Crippen LogP contribution is -2.27. The van der Waals surface area contributed by atoms with E-state index in [4.69, 9.17) is 10.9 Å². The van der Waals surface area contributed by atoms with Crippen molar-refractivity contribution in [1.29, 1.82) is 0 Å². The molecule has 0 aliphatic rings. The monoisotopic (exact) mass is 225 g/mol. The van der Waals surface area contributed by atoms with E-state index in [1.54, 1.807) is 6.20 Å². The molecule has 0 atom stereocenters. The highest BCUT2D eigenvalue weighted by atomic mass is 16.4. The van der Waals surface area contributed by atoms with E-state index in [1.165, 1.54) is 0 Å². The van der Waals surface area contributed by atoms with E-state index in [2.05, 4.69) is 19.6 Å². The molecule has 16 heavy (non-hydrogen) atoms. The standard InChI is InChI=1S/C10H19N5O/c1-9-12-4-6-15(9)8-7-14(2)5-3-10(11)13-16/h4,6,16H,3,5,7-8H2,1-2H3,(H2,11,13). The second-order valence-electron chi connectivity index (χ2n) is 3.81. The number of hydrogen-bond donors (Lipinski definition) is 2. The Morgan fingerprint density at radius 2 is 2.38 bits per heavy atom. The summed E-state index contributed by atoms with van der Waals surface area (Å²) < 4.78 is 2.10. The molecular weight excluding hydrogens is 206 g/mol. The maximum Gasteiger partial charge on any atom is 0.140 e. The molecule has 0 radical (unpaired) electrons. The third-order valence-electron chi connectivity index (χ3n) is 2.52. The molecule has 90 valence electrons. The average molecular weight is 225 g/mol. The van der Waals surface area contributed by atoms with E-state index in [0.29, 0.717) is 6.42 Å². The third-order valence-corrected chi connectivity index (χ3v) is 2.52. The molecule has 0 bridgehead atoms. The minimum atomic E-state index is 0.269. The summed E-state index contributed by atoms with van der Waals surface area (Å²) in [6, 6.07) is 0. The van der Waals surface area contributed by atoms with Gasteiger partial charge in [-0.3, -0.25) is 0 Å². The van der Waals surface area contributed by atoms with Gasteiger partial charge in [-0.1, -0.05) is 5.16 Å². The highest BCUT2D eigenvalue weighted by Gasteiger charge is 2.02. The summed E-state index contributed by atoms with van der Waals surface area (Å²) in [5.41, 5.74) is 5.39. The summed E-state index contributed by atoms with van der Waals surface area (Å²) in [7, 11) is 2.01. The number of aryl methyl sites for hydroxylation is 1. The van der Waals surface area contributed by atoms with Gasteiger partial charge in [-0.15, -0.1) is 0 Å². The second kappa shape index (κ2) is 6.12. The Balaban J connectivity index is 2.25. The first-order valence-electron chi connectivity index (χ1n) is 5.26. The van der Waals surface area contributed by atoms with Crippen molar-refractivity contribution in [3.8, 4) is 0 Å². The smallest absolute Gasteiger partial charge is 0.140 e. The zero-order valence-corrected chi connectivity index (χ0v) is 9.80. The van der Waals surface area contributed by atoms with E-state index in [-0.39, 0.29) is 5.84 Å². The fourth-order valence-electron chi connectivity index (χ4n) is 1.39. The topological polar surface area (TPSA) is 79.7 Å². The van der Waals surface area contributed by atoms with Crippen molar-refractivity contribution in [2.45, 2.75) is 19.9 Å². The molecule has 0 spiro atoms. The van der Waals surface area contributed by atoms with E-state index in [0.717, 1.165) is 25.5 Å². The van der Waals surface area contributed by atoms with Crippen LogP contribution in [0.3, 0.4) is 0 Å². The molecule has 0 saturated carbocycles. The van der Waals surface area contributed by atoms with Crippen LogP contribution in [0.1, 0.15) is 12.2 Å². The summed E-state index contributed by atoms with van der Waals surface area (Å²) >= 11 is 0. The predicted octanol–water partition coefficient (Wildman–Crippen LogP) is 0.260. The SMILES string of the molecule is Cc1nccn1CCN(C)CC/C(N)=N/O. The van der Waals surface area contributed by atoms with Gasteiger partial charge in [0.2, 0.25) is 0 Å². The first-order valence-corrected chi connectivity index (χ1v) is 5.26. The maximum atomic E-state index is 8.40. The van der Waals surface area contributed by atoms with Crippen molar-refractivity contribution in [3.05, 3.63) is 18.2 Å². The zero-order valence-electron chi connectivity index (χ0n) is 9.80. The molecule has 6 nitrogen and oxygen atoms in total. The molecule has 0 aliphatic heterocycles. The summed E-state index contributed by atoms with van der Waals surface area (Å²) in [6.45, 7) is 4.58. The normalized spacial score (nSPS) is 12.3. The Morgan fingerprint density at radius 3 is 2.94 bits per heavy atom. The van der Waals surface area contributed by atoms with Gasteiger partial charge >= 0.3 is 0 Å². The fourth-order valence-corrected chi connectivity index (χ4v) is 1.39. The minimum absolute atomic E-state index is 0.269. The van der Waals surface area contributed by atoms with Crippen molar-refractivity contribution in [2.75, 3.05) is 20.1 Å². The van der Waals surface area contributed by atoms with E-state index < -0.39 is 0 Å². The zero-order chi connectivity index (χ0) is 12.0. The molecule has 6 heteroatoms. The maximum absolute atomic E-state index is 8.40. The van der Waals surface area contributed by atoms with Crippen LogP contribution in [0.15, 0.2) is 17.5 Å². The molecule has 1 heterocycles. The molecule has 0 aromatic carbocycles. The Kier molecular flexibility index (Phi) is 4.78. The number of aromatic nitrogens is 2. The molecule has 0 aliphatic carbocycles. The van der Waals surface area contributed by atoms with E-state index >= 15 is 0 Å². The van der Waals surface area contributed by atoms with Crippen molar-refractivity contribution < 1.29 is 5.21 Å². The van der Waals surface area contributed by atoms with E-state index in [1.807, 2.05) is 20.2 Å². The molecule has 0 saturated heterocycles. The first kappa shape index (κ1) is 12.5. The number of likely N-dealkylation sites (N-methyl/N-ethyl adjacent to an activating group) is 1. The molecule has 1 aromatic heterocycles. The van der Waals surface area contributed by atoms with Crippen molar-refractivity contribution in [1.82, 2.24) is 14.5 Å². The van der Waals surface area contributed by atoms with Gasteiger partial charge in [0.05, 0.1) is 0 Å². The lowest BCUT2D eigenvalue weighted by Gasteiger charge is -2.16. The Hall–Kier alpha value is -1.56. The Labute approximate surface area is 95.4 Å². The minimum Gasteiger partial charge on any atom is -0.409 e. The second-order valence-corrected chi connectivity index (χ2v) is 3.81. The lowest BCUT2D eigenvalue weighted by molar-refractivity contribution is 0.307. The van der Waals surface area contributed by atoms with Crippen LogP contribution in [0, 0.1) is 6.92 Å².